The molecule has 0 unspecified atom stereocenters. The molecule has 0 atom stereocenters. The van der Waals surface area contributed by atoms with E-state index in [1.807, 2.05) is 30.3 Å². The van der Waals surface area contributed by atoms with Crippen molar-refractivity contribution in [1.29, 1.82) is 5.26 Å². The van der Waals surface area contributed by atoms with Gasteiger partial charge in [-0.1, -0.05) is 30.4 Å². The van der Waals surface area contributed by atoms with Crippen LogP contribution in [0.2, 0.25) is 0 Å². The summed E-state index contributed by atoms with van der Waals surface area (Å²) in [6.45, 7) is 0. The molecule has 1 aliphatic carbocycles. The maximum absolute atomic E-state index is 10.3. The van der Waals surface area contributed by atoms with Crippen molar-refractivity contribution in [2.45, 2.75) is 25.7 Å². The smallest absolute Gasteiger partial charge is 0.142 e. The van der Waals surface area contributed by atoms with Crippen LogP contribution in [0.25, 0.3) is 6.08 Å². The molecule has 1 aromatic rings. The van der Waals surface area contributed by atoms with E-state index in [0.717, 1.165) is 24.7 Å². The zero-order chi connectivity index (χ0) is 14.2. The third-order valence-electron chi connectivity index (χ3n) is 3.88. The van der Waals surface area contributed by atoms with Crippen molar-refractivity contribution in [1.82, 2.24) is 0 Å². The molecule has 0 heterocycles. The van der Waals surface area contributed by atoms with Crippen LogP contribution in [-0.4, -0.2) is 6.29 Å². The summed E-state index contributed by atoms with van der Waals surface area (Å²) in [7, 11) is 0. The summed E-state index contributed by atoms with van der Waals surface area (Å²) in [5, 5.41) is 8.75. The van der Waals surface area contributed by atoms with Crippen molar-refractivity contribution in [3.8, 4) is 6.07 Å². The first kappa shape index (κ1) is 14.3. The van der Waals surface area contributed by atoms with Gasteiger partial charge in [-0.2, -0.15) is 5.26 Å². The quantitative estimate of drug-likeness (QED) is 0.606. The Labute approximate surface area is 120 Å². The van der Waals surface area contributed by atoms with Crippen LogP contribution in [0, 0.1) is 23.2 Å². The van der Waals surface area contributed by atoms with Crippen LogP contribution in [0.1, 0.15) is 36.8 Å². The van der Waals surface area contributed by atoms with E-state index in [0.29, 0.717) is 17.4 Å². The Balaban J connectivity index is 1.85. The molecule has 1 aromatic carbocycles. The first-order chi connectivity index (χ1) is 9.81. The van der Waals surface area contributed by atoms with E-state index >= 15 is 0 Å². The fraction of sp³-hybridized carbons (Fsp3) is 0.333. The molecule has 0 aromatic heterocycles. The zero-order valence-electron chi connectivity index (χ0n) is 11.5. The van der Waals surface area contributed by atoms with Gasteiger partial charge in [0.2, 0.25) is 0 Å². The number of hydrogen-bond acceptors (Lipinski definition) is 2. The molecule has 1 aliphatic rings. The van der Waals surface area contributed by atoms with E-state index < -0.39 is 0 Å². The van der Waals surface area contributed by atoms with Crippen LogP contribution in [0.4, 0.5) is 0 Å². The maximum atomic E-state index is 10.3. The number of carbonyl (C=O) groups excluding carboxylic acids is 1. The molecule has 0 aliphatic heterocycles. The van der Waals surface area contributed by atoms with Crippen LogP contribution in [0.3, 0.4) is 0 Å². The summed E-state index contributed by atoms with van der Waals surface area (Å²) >= 11 is 0. The highest BCUT2D eigenvalue weighted by atomic mass is 16.1. The summed E-state index contributed by atoms with van der Waals surface area (Å²) in [6, 6.07) is 9.78. The Morgan fingerprint density at radius 1 is 1.00 bits per heavy atom. The van der Waals surface area contributed by atoms with E-state index in [4.69, 9.17) is 5.26 Å². The molecule has 0 amide bonds. The van der Waals surface area contributed by atoms with Gasteiger partial charge in [-0.15, -0.1) is 0 Å². The van der Waals surface area contributed by atoms with Gasteiger partial charge in [0, 0.05) is 0 Å². The zero-order valence-corrected chi connectivity index (χ0v) is 11.5. The summed E-state index contributed by atoms with van der Waals surface area (Å²) in [5.41, 5.74) is 1.84. The number of allylic oxidation sites excluding steroid dienone is 3. The molecular weight excluding hydrogens is 246 g/mol. The molecule has 0 radical (unpaired) electrons. The minimum Gasteiger partial charge on any atom is -0.299 e. The van der Waals surface area contributed by atoms with Crippen molar-refractivity contribution in [3.63, 3.8) is 0 Å². The molecule has 102 valence electrons. The molecular formula is C18H19NO. The molecule has 0 N–H and O–H groups in total. The van der Waals surface area contributed by atoms with Gasteiger partial charge in [-0.3, -0.25) is 4.79 Å². The highest BCUT2D eigenvalue weighted by molar-refractivity contribution is 5.64. The van der Waals surface area contributed by atoms with E-state index in [-0.39, 0.29) is 0 Å². The number of nitriles is 1. The molecule has 0 spiro atoms. The number of rotatable bonds is 4. The average molecular weight is 265 g/mol. The second-order valence-electron chi connectivity index (χ2n) is 5.29. The van der Waals surface area contributed by atoms with Gasteiger partial charge in [0.1, 0.15) is 6.29 Å². The van der Waals surface area contributed by atoms with Gasteiger partial charge in [-0.25, -0.2) is 0 Å². The Hall–Kier alpha value is -2.14. The maximum Gasteiger partial charge on any atom is 0.142 e. The summed E-state index contributed by atoms with van der Waals surface area (Å²) in [5.74, 6) is 1.20. The number of nitrogens with zero attached hydrogens (tertiary/aromatic N) is 1. The SMILES string of the molecule is N#Cc1ccc(/C=C/[C@H]2CC[C@H](C=CC=O)CC2)cc1. The largest absolute Gasteiger partial charge is 0.299 e. The summed E-state index contributed by atoms with van der Waals surface area (Å²) < 4.78 is 0. The predicted molar refractivity (Wildman–Crippen MR) is 80.8 cm³/mol. The minimum absolute atomic E-state index is 0.569. The number of aldehydes is 1. The van der Waals surface area contributed by atoms with Gasteiger partial charge in [0.15, 0.2) is 0 Å². The van der Waals surface area contributed by atoms with Crippen LogP contribution in [0.15, 0.2) is 42.5 Å². The fourth-order valence-corrected chi connectivity index (χ4v) is 2.65. The van der Waals surface area contributed by atoms with Gasteiger partial charge in [0.25, 0.3) is 0 Å². The monoisotopic (exact) mass is 265 g/mol. The topological polar surface area (TPSA) is 40.9 Å². The van der Waals surface area contributed by atoms with Gasteiger partial charge < -0.3 is 0 Å². The van der Waals surface area contributed by atoms with E-state index in [1.54, 1.807) is 6.08 Å². The van der Waals surface area contributed by atoms with Gasteiger partial charge in [-0.05, 0) is 61.3 Å². The molecule has 2 rings (SSSR count). The molecule has 0 bridgehead atoms. The highest BCUT2D eigenvalue weighted by Gasteiger charge is 2.17. The Bertz CT molecular complexity index is 526. The second-order valence-corrected chi connectivity index (χ2v) is 5.29. The lowest BCUT2D eigenvalue weighted by Crippen LogP contribution is -2.11. The third-order valence-corrected chi connectivity index (χ3v) is 3.88. The van der Waals surface area contributed by atoms with Crippen molar-refractivity contribution >= 4 is 12.4 Å². The van der Waals surface area contributed by atoms with E-state index in [1.165, 1.54) is 12.8 Å². The normalized spacial score (nSPS) is 22.9. The summed E-state index contributed by atoms with van der Waals surface area (Å²) in [4.78, 5) is 10.3. The van der Waals surface area contributed by atoms with Gasteiger partial charge in [0.05, 0.1) is 11.6 Å². The first-order valence-corrected chi connectivity index (χ1v) is 7.12. The molecule has 1 fully saturated rings. The number of hydrogen-bond donors (Lipinski definition) is 0. The van der Waals surface area contributed by atoms with Gasteiger partial charge >= 0.3 is 0 Å². The predicted octanol–water partition coefficient (Wildman–Crippen LogP) is 4.13. The lowest BCUT2D eigenvalue weighted by molar-refractivity contribution is -0.104. The van der Waals surface area contributed by atoms with E-state index in [9.17, 15) is 4.79 Å². The fourth-order valence-electron chi connectivity index (χ4n) is 2.65. The molecule has 0 saturated heterocycles. The minimum atomic E-state index is 0.569. The number of benzene rings is 1. The molecule has 20 heavy (non-hydrogen) atoms. The van der Waals surface area contributed by atoms with Crippen molar-refractivity contribution in [3.05, 3.63) is 53.6 Å². The van der Waals surface area contributed by atoms with Crippen LogP contribution >= 0.6 is 0 Å². The van der Waals surface area contributed by atoms with Crippen LogP contribution < -0.4 is 0 Å². The Morgan fingerprint density at radius 2 is 1.60 bits per heavy atom. The van der Waals surface area contributed by atoms with Crippen LogP contribution in [0.5, 0.6) is 0 Å². The lowest BCUT2D eigenvalue weighted by atomic mass is 9.81. The standard InChI is InChI=1S/C18H19NO/c19-14-18-11-9-17(10-12-18)8-7-16-5-3-15(4-6-16)2-1-13-20/h1-2,7-13,15-16H,3-6H2/b2-1?,8-7+/t15-,16-. The highest BCUT2D eigenvalue weighted by Crippen LogP contribution is 2.30. The van der Waals surface area contributed by atoms with Crippen molar-refractivity contribution < 1.29 is 4.79 Å². The Morgan fingerprint density at radius 3 is 2.15 bits per heavy atom. The lowest BCUT2D eigenvalue weighted by Gasteiger charge is -2.24. The van der Waals surface area contributed by atoms with E-state index in [2.05, 4.69) is 18.2 Å². The van der Waals surface area contributed by atoms with Crippen LogP contribution in [-0.2, 0) is 4.79 Å². The number of carbonyl (C=O) groups is 1. The summed E-state index contributed by atoms with van der Waals surface area (Å²) in [6.07, 6.45) is 13.6. The second kappa shape index (κ2) is 7.45. The Kier molecular flexibility index (Phi) is 5.32. The molecule has 2 heteroatoms. The first-order valence-electron chi connectivity index (χ1n) is 7.12. The third kappa shape index (κ3) is 4.20. The van der Waals surface area contributed by atoms with Crippen molar-refractivity contribution in [2.24, 2.45) is 11.8 Å². The van der Waals surface area contributed by atoms with Crippen molar-refractivity contribution in [2.75, 3.05) is 0 Å². The molecule has 2 nitrogen and oxygen atoms in total. The molecule has 1 saturated carbocycles. The average Bonchev–Trinajstić information content (AvgIpc) is 2.52.